The van der Waals surface area contributed by atoms with Crippen molar-refractivity contribution in [3.8, 4) is 0 Å². The Labute approximate surface area is 160 Å². The van der Waals surface area contributed by atoms with Crippen LogP contribution in [0.2, 0.25) is 10.0 Å². The topological polar surface area (TPSA) is 24.4 Å². The van der Waals surface area contributed by atoms with Crippen LogP contribution < -0.4 is 5.32 Å². The quantitative estimate of drug-likeness (QED) is 0.450. The van der Waals surface area contributed by atoms with Gasteiger partial charge >= 0.3 is 0 Å². The first-order valence-electron chi connectivity index (χ1n) is 6.02. The Kier molecular flexibility index (Phi) is 6.78. The zero-order chi connectivity index (χ0) is 16.1. The number of benzene rings is 2. The summed E-state index contributed by atoms with van der Waals surface area (Å²) in [5, 5.41) is 4.70. The van der Waals surface area contributed by atoms with Crippen LogP contribution >= 0.6 is 66.7 Å². The van der Waals surface area contributed by atoms with Gasteiger partial charge in [0.15, 0.2) is 0 Å². The third-order valence-electron chi connectivity index (χ3n) is 2.54. The first-order valence-corrected chi connectivity index (χ1v) is 8.74. The summed E-state index contributed by atoms with van der Waals surface area (Å²) >= 11 is 24.8. The van der Waals surface area contributed by atoms with E-state index in [0.717, 1.165) is 14.6 Å². The van der Waals surface area contributed by atoms with Crippen LogP contribution in [0.4, 0.5) is 11.4 Å². The first-order chi connectivity index (χ1) is 10.5. The van der Waals surface area contributed by atoms with Gasteiger partial charge in [-0.2, -0.15) is 0 Å². The number of hydrogen-bond acceptors (Lipinski definition) is 2. The Morgan fingerprint density at radius 3 is 2.27 bits per heavy atom. The number of rotatable bonds is 4. The lowest BCUT2D eigenvalue weighted by Crippen LogP contribution is -1.89. The maximum absolute atomic E-state index is 6.09. The SMILES string of the molecule is Cl/C(C=Nc1ccc(Br)c(Cl)c1)=C\Nc1ccc(Br)c(Cl)c1. The lowest BCUT2D eigenvalue weighted by Gasteiger charge is -2.03. The van der Waals surface area contributed by atoms with Crippen molar-refractivity contribution in [2.45, 2.75) is 0 Å². The minimum atomic E-state index is 0.443. The number of anilines is 1. The Balaban J connectivity index is 2.04. The summed E-state index contributed by atoms with van der Waals surface area (Å²) in [5.41, 5.74) is 1.54. The van der Waals surface area contributed by atoms with Crippen LogP contribution in [-0.4, -0.2) is 6.21 Å². The van der Waals surface area contributed by atoms with Crippen molar-refractivity contribution in [1.29, 1.82) is 0 Å². The van der Waals surface area contributed by atoms with Crippen LogP contribution in [0.3, 0.4) is 0 Å². The fourth-order valence-corrected chi connectivity index (χ4v) is 2.43. The van der Waals surface area contributed by atoms with Crippen LogP contribution in [0.15, 0.2) is 61.6 Å². The number of allylic oxidation sites excluding steroid dienone is 1. The van der Waals surface area contributed by atoms with Crippen LogP contribution in [0.1, 0.15) is 0 Å². The first kappa shape index (κ1) is 17.8. The molecular weight excluding hydrogens is 474 g/mol. The van der Waals surface area contributed by atoms with E-state index in [4.69, 9.17) is 34.8 Å². The van der Waals surface area contributed by atoms with Gasteiger partial charge in [0.05, 0.1) is 20.8 Å². The van der Waals surface area contributed by atoms with Gasteiger partial charge in [-0.1, -0.05) is 34.8 Å². The number of halogens is 5. The molecule has 0 radical (unpaired) electrons. The van der Waals surface area contributed by atoms with E-state index in [1.54, 1.807) is 18.3 Å². The zero-order valence-electron chi connectivity index (χ0n) is 11.0. The summed E-state index contributed by atoms with van der Waals surface area (Å²) in [7, 11) is 0. The van der Waals surface area contributed by atoms with Crippen LogP contribution in [-0.2, 0) is 0 Å². The van der Waals surface area contributed by atoms with Crippen molar-refractivity contribution < 1.29 is 0 Å². The van der Waals surface area contributed by atoms with E-state index in [9.17, 15) is 0 Å². The van der Waals surface area contributed by atoms with E-state index < -0.39 is 0 Å². The van der Waals surface area contributed by atoms with Gasteiger partial charge in [-0.15, -0.1) is 0 Å². The largest absolute Gasteiger partial charge is 0.360 e. The summed E-state index contributed by atoms with van der Waals surface area (Å²) in [5.74, 6) is 0. The van der Waals surface area contributed by atoms with Crippen molar-refractivity contribution >= 4 is 84.3 Å². The number of hydrogen-bond donors (Lipinski definition) is 1. The molecule has 1 N–H and O–H groups in total. The van der Waals surface area contributed by atoms with Gasteiger partial charge < -0.3 is 5.32 Å². The van der Waals surface area contributed by atoms with E-state index in [2.05, 4.69) is 42.2 Å². The molecule has 0 aromatic heterocycles. The van der Waals surface area contributed by atoms with E-state index >= 15 is 0 Å². The molecule has 0 aliphatic carbocycles. The molecule has 0 unspecified atom stereocenters. The Hall–Kier alpha value is -0.520. The molecule has 0 aliphatic heterocycles. The molecule has 2 aromatic rings. The van der Waals surface area contributed by atoms with Gasteiger partial charge in [0, 0.05) is 27.0 Å². The van der Waals surface area contributed by atoms with Crippen LogP contribution in [0, 0.1) is 0 Å². The highest BCUT2D eigenvalue weighted by Crippen LogP contribution is 2.27. The third-order valence-corrected chi connectivity index (χ3v) is 5.21. The predicted molar refractivity (Wildman–Crippen MR) is 104 cm³/mol. The molecule has 0 bridgehead atoms. The Morgan fingerprint density at radius 1 is 1.00 bits per heavy atom. The van der Waals surface area contributed by atoms with Crippen molar-refractivity contribution in [2.75, 3.05) is 5.32 Å². The van der Waals surface area contributed by atoms with Crippen molar-refractivity contribution in [3.05, 3.63) is 66.6 Å². The van der Waals surface area contributed by atoms with Crippen molar-refractivity contribution in [1.82, 2.24) is 0 Å². The molecule has 0 heterocycles. The second-order valence-corrected chi connectivity index (χ2v) is 7.12. The summed E-state index contributed by atoms with van der Waals surface area (Å²) in [4.78, 5) is 4.25. The van der Waals surface area contributed by atoms with Gasteiger partial charge in [-0.3, -0.25) is 4.99 Å². The highest BCUT2D eigenvalue weighted by molar-refractivity contribution is 9.10. The molecule has 0 fully saturated rings. The highest BCUT2D eigenvalue weighted by atomic mass is 79.9. The van der Waals surface area contributed by atoms with Gasteiger partial charge in [0.1, 0.15) is 0 Å². The zero-order valence-corrected chi connectivity index (χ0v) is 16.4. The third kappa shape index (κ3) is 5.28. The predicted octanol–water partition coefficient (Wildman–Crippen LogP) is 7.41. The average Bonchev–Trinajstić information content (AvgIpc) is 2.49. The van der Waals surface area contributed by atoms with Gasteiger partial charge in [0.2, 0.25) is 0 Å². The summed E-state index contributed by atoms with van der Waals surface area (Å²) in [6.07, 6.45) is 3.17. The molecule has 0 saturated heterocycles. The number of nitrogens with zero attached hydrogens (tertiary/aromatic N) is 1. The Bertz CT molecular complexity index is 746. The molecule has 0 spiro atoms. The molecule has 2 rings (SSSR count). The van der Waals surface area contributed by atoms with E-state index in [-0.39, 0.29) is 0 Å². The normalized spacial score (nSPS) is 12.0. The van der Waals surface area contributed by atoms with Crippen molar-refractivity contribution in [2.24, 2.45) is 4.99 Å². The standard InChI is InChI=1S/C15H9Br2Cl3N2/c16-12-3-1-10(5-14(12)19)21-7-9(18)8-22-11-2-4-13(17)15(20)6-11/h1-8,21H/b9-7-,22-8?. The second-order valence-electron chi connectivity index (χ2n) is 4.16. The number of nitrogens with one attached hydrogen (secondary N) is 1. The Morgan fingerprint density at radius 2 is 1.64 bits per heavy atom. The van der Waals surface area contributed by atoms with Gasteiger partial charge in [0.25, 0.3) is 0 Å². The summed E-state index contributed by atoms with van der Waals surface area (Å²) in [6, 6.07) is 10.9. The molecule has 2 nitrogen and oxygen atoms in total. The van der Waals surface area contributed by atoms with Gasteiger partial charge in [-0.05, 0) is 68.3 Å². The molecule has 0 amide bonds. The molecule has 0 saturated carbocycles. The summed E-state index contributed by atoms with van der Waals surface area (Å²) < 4.78 is 1.66. The number of aliphatic imine (C=N–C) groups is 1. The molecule has 0 aliphatic rings. The van der Waals surface area contributed by atoms with Crippen molar-refractivity contribution in [3.63, 3.8) is 0 Å². The van der Waals surface area contributed by atoms with Gasteiger partial charge in [-0.25, -0.2) is 0 Å². The molecule has 0 atom stereocenters. The minimum Gasteiger partial charge on any atom is -0.360 e. The molecular formula is C15H9Br2Cl3N2. The molecule has 2 aromatic carbocycles. The minimum absolute atomic E-state index is 0.443. The maximum Gasteiger partial charge on any atom is 0.0748 e. The van der Waals surface area contributed by atoms with E-state index in [1.165, 1.54) is 6.21 Å². The smallest absolute Gasteiger partial charge is 0.0748 e. The van der Waals surface area contributed by atoms with E-state index in [0.29, 0.717) is 20.8 Å². The molecule has 22 heavy (non-hydrogen) atoms. The second kappa shape index (κ2) is 8.37. The van der Waals surface area contributed by atoms with E-state index in [1.807, 2.05) is 24.3 Å². The fraction of sp³-hybridized carbons (Fsp3) is 0. The summed E-state index contributed by atoms with van der Waals surface area (Å²) in [6.45, 7) is 0. The lowest BCUT2D eigenvalue weighted by molar-refractivity contribution is 1.51. The molecule has 114 valence electrons. The van der Waals surface area contributed by atoms with Crippen LogP contribution in [0.5, 0.6) is 0 Å². The maximum atomic E-state index is 6.09. The molecule has 7 heteroatoms. The average molecular weight is 483 g/mol. The fourth-order valence-electron chi connectivity index (χ4n) is 1.48. The van der Waals surface area contributed by atoms with Crippen LogP contribution in [0.25, 0.3) is 0 Å². The lowest BCUT2D eigenvalue weighted by atomic mass is 10.3. The monoisotopic (exact) mass is 480 g/mol. The highest BCUT2D eigenvalue weighted by Gasteiger charge is 1.99.